The Balaban J connectivity index is 1.77. The largest absolute Gasteiger partial charge is 0.493 e. The van der Waals surface area contributed by atoms with Crippen LogP contribution in [0.25, 0.3) is 11.0 Å². The second kappa shape index (κ2) is 9.57. The number of alkyl halides is 3. The fourth-order valence-electron chi connectivity index (χ4n) is 4.48. The summed E-state index contributed by atoms with van der Waals surface area (Å²) >= 11 is 6.11. The van der Waals surface area contributed by atoms with E-state index in [2.05, 4.69) is 6.58 Å². The van der Waals surface area contributed by atoms with Crippen molar-refractivity contribution in [1.82, 2.24) is 0 Å². The Kier molecular flexibility index (Phi) is 6.40. The average molecular weight is 542 g/mol. The first-order valence-electron chi connectivity index (χ1n) is 11.3. The highest BCUT2D eigenvalue weighted by Crippen LogP contribution is 2.44. The van der Waals surface area contributed by atoms with E-state index < -0.39 is 29.1 Å². The molecule has 0 aliphatic carbocycles. The summed E-state index contributed by atoms with van der Waals surface area (Å²) in [6, 6.07) is 12.4. The SMILES string of the molecule is C=CCOc1ccc(C2c3c(oc4ccc(Cl)cc4c3=O)C(=O)N2c2cccc(C(F)(F)F)c2)cc1OC. The van der Waals surface area contributed by atoms with E-state index >= 15 is 0 Å². The molecule has 5 rings (SSSR count). The molecule has 0 bridgehead atoms. The zero-order valence-corrected chi connectivity index (χ0v) is 20.6. The molecular weight excluding hydrogens is 523 g/mol. The van der Waals surface area contributed by atoms with Crippen molar-refractivity contribution in [1.29, 1.82) is 0 Å². The van der Waals surface area contributed by atoms with Crippen LogP contribution in [0, 0.1) is 0 Å². The minimum Gasteiger partial charge on any atom is -0.493 e. The quantitative estimate of drug-likeness (QED) is 0.251. The highest BCUT2D eigenvalue weighted by atomic mass is 35.5. The van der Waals surface area contributed by atoms with E-state index in [1.54, 1.807) is 24.3 Å². The van der Waals surface area contributed by atoms with Crippen LogP contribution < -0.4 is 19.8 Å². The lowest BCUT2D eigenvalue weighted by molar-refractivity contribution is -0.137. The van der Waals surface area contributed by atoms with E-state index in [9.17, 15) is 22.8 Å². The van der Waals surface area contributed by atoms with Gasteiger partial charge >= 0.3 is 6.18 Å². The molecule has 2 heterocycles. The number of hydrogen-bond acceptors (Lipinski definition) is 5. The van der Waals surface area contributed by atoms with E-state index in [1.165, 1.54) is 37.4 Å². The van der Waals surface area contributed by atoms with E-state index in [0.29, 0.717) is 17.1 Å². The lowest BCUT2D eigenvalue weighted by atomic mass is 9.97. The molecule has 194 valence electrons. The number of fused-ring (bicyclic) bond motifs is 2. The van der Waals surface area contributed by atoms with Crippen molar-refractivity contribution >= 4 is 34.2 Å². The van der Waals surface area contributed by atoms with Crippen molar-refractivity contribution < 1.29 is 31.9 Å². The van der Waals surface area contributed by atoms with Crippen LogP contribution in [0.1, 0.15) is 33.3 Å². The molecule has 0 spiro atoms. The number of carbonyl (C=O) groups excluding carboxylic acids is 1. The molecule has 1 aromatic heterocycles. The van der Waals surface area contributed by atoms with Gasteiger partial charge in [0.1, 0.15) is 12.2 Å². The number of carbonyl (C=O) groups is 1. The molecule has 0 saturated carbocycles. The third-order valence-electron chi connectivity index (χ3n) is 6.14. The van der Waals surface area contributed by atoms with Crippen molar-refractivity contribution in [3.63, 3.8) is 0 Å². The summed E-state index contributed by atoms with van der Waals surface area (Å²) in [5, 5.41) is 0.420. The maximum atomic E-state index is 13.7. The van der Waals surface area contributed by atoms with E-state index in [4.69, 9.17) is 25.5 Å². The minimum atomic E-state index is -4.64. The summed E-state index contributed by atoms with van der Waals surface area (Å²) in [6.45, 7) is 3.81. The number of halogens is 4. The third kappa shape index (κ3) is 4.28. The van der Waals surface area contributed by atoms with Gasteiger partial charge in [0, 0.05) is 10.7 Å². The Morgan fingerprint density at radius 2 is 1.87 bits per heavy atom. The summed E-state index contributed by atoms with van der Waals surface area (Å²) in [5.41, 5.74) is -1.03. The van der Waals surface area contributed by atoms with Crippen molar-refractivity contribution in [2.45, 2.75) is 12.2 Å². The Labute approximate surface area is 219 Å². The molecule has 4 aromatic rings. The molecular formula is C28H19ClF3NO5. The molecule has 6 nitrogen and oxygen atoms in total. The molecule has 1 amide bonds. The van der Waals surface area contributed by atoms with Gasteiger partial charge in [0.05, 0.1) is 29.7 Å². The third-order valence-corrected chi connectivity index (χ3v) is 6.38. The first-order chi connectivity index (χ1) is 18.1. The monoisotopic (exact) mass is 541 g/mol. The molecule has 3 aromatic carbocycles. The number of rotatable bonds is 6. The minimum absolute atomic E-state index is 0.0241. The topological polar surface area (TPSA) is 69.0 Å². The first-order valence-corrected chi connectivity index (χ1v) is 11.7. The number of amides is 1. The molecule has 1 aliphatic rings. The van der Waals surface area contributed by atoms with Gasteiger partial charge in [-0.1, -0.05) is 36.4 Å². The van der Waals surface area contributed by atoms with Gasteiger partial charge in [0.15, 0.2) is 16.9 Å². The van der Waals surface area contributed by atoms with Crippen LogP contribution in [0.2, 0.25) is 5.02 Å². The molecule has 0 fully saturated rings. The lowest BCUT2D eigenvalue weighted by Crippen LogP contribution is -2.29. The Hall–Kier alpha value is -4.24. The number of hydrogen-bond donors (Lipinski definition) is 0. The van der Waals surface area contributed by atoms with Crippen molar-refractivity contribution in [2.24, 2.45) is 0 Å². The molecule has 1 atom stereocenters. The van der Waals surface area contributed by atoms with Crippen LogP contribution >= 0.6 is 11.6 Å². The fourth-order valence-corrected chi connectivity index (χ4v) is 4.65. The molecule has 0 radical (unpaired) electrons. The molecule has 10 heteroatoms. The van der Waals surface area contributed by atoms with E-state index in [-0.39, 0.29) is 39.6 Å². The van der Waals surface area contributed by atoms with Crippen molar-refractivity contribution in [3.05, 3.63) is 111 Å². The molecule has 38 heavy (non-hydrogen) atoms. The van der Waals surface area contributed by atoms with Gasteiger partial charge < -0.3 is 13.9 Å². The summed E-state index contributed by atoms with van der Waals surface area (Å²) in [4.78, 5) is 28.5. The molecule has 0 N–H and O–H groups in total. The lowest BCUT2D eigenvalue weighted by Gasteiger charge is -2.26. The van der Waals surface area contributed by atoms with Gasteiger partial charge in [-0.15, -0.1) is 0 Å². The van der Waals surface area contributed by atoms with Gasteiger partial charge in [-0.25, -0.2) is 0 Å². The second-order valence-corrected chi connectivity index (χ2v) is 8.89. The summed E-state index contributed by atoms with van der Waals surface area (Å²) in [7, 11) is 1.42. The molecule has 1 aliphatic heterocycles. The number of methoxy groups -OCH3 is 1. The van der Waals surface area contributed by atoms with Gasteiger partial charge in [-0.2, -0.15) is 13.2 Å². The smallest absolute Gasteiger partial charge is 0.416 e. The second-order valence-electron chi connectivity index (χ2n) is 8.45. The van der Waals surface area contributed by atoms with Gasteiger partial charge in [0.2, 0.25) is 5.76 Å². The van der Waals surface area contributed by atoms with Crippen LogP contribution in [0.4, 0.5) is 18.9 Å². The number of nitrogens with zero attached hydrogens (tertiary/aromatic N) is 1. The van der Waals surface area contributed by atoms with Crippen LogP contribution in [0.5, 0.6) is 11.5 Å². The zero-order valence-electron chi connectivity index (χ0n) is 19.8. The van der Waals surface area contributed by atoms with E-state index in [1.807, 2.05) is 0 Å². The van der Waals surface area contributed by atoms with Crippen LogP contribution in [0.15, 0.2) is 82.5 Å². The van der Waals surface area contributed by atoms with Crippen LogP contribution in [-0.4, -0.2) is 19.6 Å². The Bertz CT molecular complexity index is 1650. The summed E-state index contributed by atoms with van der Waals surface area (Å²) in [6.07, 6.45) is -3.09. The van der Waals surface area contributed by atoms with Crippen molar-refractivity contribution in [2.75, 3.05) is 18.6 Å². The standard InChI is InChI=1S/C28H19ClF3NO5/c1-3-11-37-21-9-7-15(12-22(21)36-2)24-23-25(34)19-14-17(29)8-10-20(19)38-26(23)27(35)33(24)18-6-4-5-16(13-18)28(30,31)32/h3-10,12-14,24H,1,11H2,2H3. The molecule has 0 saturated heterocycles. The number of benzene rings is 3. The van der Waals surface area contributed by atoms with Crippen molar-refractivity contribution in [3.8, 4) is 11.5 Å². The number of ether oxygens (including phenoxy) is 2. The number of anilines is 1. The maximum Gasteiger partial charge on any atom is 0.416 e. The summed E-state index contributed by atoms with van der Waals surface area (Å²) in [5.74, 6) is -0.353. The van der Waals surface area contributed by atoms with Gasteiger partial charge in [0.25, 0.3) is 5.91 Å². The predicted octanol–water partition coefficient (Wildman–Crippen LogP) is 6.79. The Morgan fingerprint density at radius 3 is 2.58 bits per heavy atom. The van der Waals surface area contributed by atoms with Crippen LogP contribution in [-0.2, 0) is 6.18 Å². The van der Waals surface area contributed by atoms with E-state index in [0.717, 1.165) is 17.0 Å². The normalized spacial score (nSPS) is 15.0. The van der Waals surface area contributed by atoms with Crippen LogP contribution in [0.3, 0.4) is 0 Å². The first kappa shape index (κ1) is 25.4. The van der Waals surface area contributed by atoms with Gasteiger partial charge in [-0.3, -0.25) is 14.5 Å². The predicted molar refractivity (Wildman–Crippen MR) is 136 cm³/mol. The average Bonchev–Trinajstić information content (AvgIpc) is 3.19. The molecule has 1 unspecified atom stereocenters. The van der Waals surface area contributed by atoms with Gasteiger partial charge in [-0.05, 0) is 54.1 Å². The highest BCUT2D eigenvalue weighted by molar-refractivity contribution is 6.31. The summed E-state index contributed by atoms with van der Waals surface area (Å²) < 4.78 is 57.5. The highest BCUT2D eigenvalue weighted by Gasteiger charge is 2.44. The zero-order chi connectivity index (χ0) is 27.2. The Morgan fingerprint density at radius 1 is 1.08 bits per heavy atom. The maximum absolute atomic E-state index is 13.7. The fraction of sp³-hybridized carbons (Fsp3) is 0.143.